The Kier molecular flexibility index (Phi) is 5.96. The van der Waals surface area contributed by atoms with Crippen molar-refractivity contribution >= 4 is 15.9 Å². The van der Waals surface area contributed by atoms with Crippen molar-refractivity contribution < 1.29 is 9.13 Å². The molecule has 3 nitrogen and oxygen atoms in total. The molecule has 1 heterocycles. The molecule has 0 amide bonds. The molecule has 1 N–H and O–H groups in total. The Morgan fingerprint density at radius 3 is 3.05 bits per heavy atom. The zero-order chi connectivity index (χ0) is 14.5. The number of benzene rings is 1. The summed E-state index contributed by atoms with van der Waals surface area (Å²) in [7, 11) is 2.10. The molecule has 0 radical (unpaired) electrons. The molecule has 1 fully saturated rings. The summed E-state index contributed by atoms with van der Waals surface area (Å²) in [5, 5.41) is 3.43. The van der Waals surface area contributed by atoms with Crippen molar-refractivity contribution in [3.8, 4) is 0 Å². The summed E-state index contributed by atoms with van der Waals surface area (Å²) in [6, 6.07) is 5.22. The van der Waals surface area contributed by atoms with E-state index in [1.807, 2.05) is 6.07 Å². The van der Waals surface area contributed by atoms with Gasteiger partial charge in [0.25, 0.3) is 0 Å². The number of nitrogens with one attached hydrogen (secondary N) is 1. The molecule has 1 aromatic rings. The topological polar surface area (TPSA) is 24.5 Å². The summed E-state index contributed by atoms with van der Waals surface area (Å²) >= 11 is 3.40. The molecule has 1 aliphatic heterocycles. The van der Waals surface area contributed by atoms with Gasteiger partial charge in [0.05, 0.1) is 12.7 Å². The van der Waals surface area contributed by atoms with E-state index < -0.39 is 0 Å². The lowest BCUT2D eigenvalue weighted by atomic mass is 9.99. The molecule has 2 rings (SSSR count). The highest BCUT2D eigenvalue weighted by atomic mass is 79.9. The molecular formula is C15H22BrFN2O. The second-order valence-electron chi connectivity index (χ2n) is 5.28. The van der Waals surface area contributed by atoms with Gasteiger partial charge in [0, 0.05) is 23.6 Å². The first-order valence-electron chi connectivity index (χ1n) is 7.07. The third-order valence-corrected chi connectivity index (χ3v) is 4.15. The number of likely N-dealkylation sites (N-methyl/N-ethyl adjacent to an activating group) is 2. The minimum atomic E-state index is -0.153. The zero-order valence-electron chi connectivity index (χ0n) is 12.0. The summed E-state index contributed by atoms with van der Waals surface area (Å²) in [6.45, 7) is 5.50. The van der Waals surface area contributed by atoms with Crippen LogP contribution in [0, 0.1) is 5.82 Å². The Labute approximate surface area is 128 Å². The van der Waals surface area contributed by atoms with Crippen LogP contribution >= 0.6 is 15.9 Å². The second-order valence-corrected chi connectivity index (χ2v) is 6.19. The quantitative estimate of drug-likeness (QED) is 0.887. The molecular weight excluding hydrogens is 323 g/mol. The zero-order valence-corrected chi connectivity index (χ0v) is 13.6. The minimum absolute atomic E-state index is 0.104. The smallest absolute Gasteiger partial charge is 0.126 e. The lowest BCUT2D eigenvalue weighted by Crippen LogP contribution is -2.52. The molecule has 0 bridgehead atoms. The monoisotopic (exact) mass is 344 g/mol. The van der Waals surface area contributed by atoms with Crippen LogP contribution < -0.4 is 5.32 Å². The highest BCUT2D eigenvalue weighted by Gasteiger charge is 2.27. The van der Waals surface area contributed by atoms with Crippen LogP contribution in [0.2, 0.25) is 0 Å². The van der Waals surface area contributed by atoms with Gasteiger partial charge >= 0.3 is 0 Å². The molecule has 2 unspecified atom stereocenters. The summed E-state index contributed by atoms with van der Waals surface area (Å²) in [6.07, 6.45) is 0.740. The van der Waals surface area contributed by atoms with Gasteiger partial charge in [-0.3, -0.25) is 0 Å². The second kappa shape index (κ2) is 7.50. The van der Waals surface area contributed by atoms with Crippen LogP contribution in [-0.2, 0) is 11.2 Å². The predicted molar refractivity (Wildman–Crippen MR) is 82.5 cm³/mol. The number of ether oxygens (including phenoxy) is 1. The fourth-order valence-corrected chi connectivity index (χ4v) is 3.00. The van der Waals surface area contributed by atoms with E-state index >= 15 is 0 Å². The Balaban J connectivity index is 2.10. The maximum atomic E-state index is 13.9. The molecule has 1 aliphatic rings. The van der Waals surface area contributed by atoms with Crippen molar-refractivity contribution in [2.75, 3.05) is 33.3 Å². The van der Waals surface area contributed by atoms with Crippen LogP contribution in [0.5, 0.6) is 0 Å². The van der Waals surface area contributed by atoms with E-state index in [1.54, 1.807) is 6.07 Å². The van der Waals surface area contributed by atoms with E-state index in [9.17, 15) is 4.39 Å². The van der Waals surface area contributed by atoms with Crippen molar-refractivity contribution in [3.63, 3.8) is 0 Å². The van der Waals surface area contributed by atoms with Gasteiger partial charge in [-0.15, -0.1) is 0 Å². The van der Waals surface area contributed by atoms with Gasteiger partial charge in [0.15, 0.2) is 0 Å². The van der Waals surface area contributed by atoms with Gasteiger partial charge in [-0.1, -0.05) is 22.9 Å². The van der Waals surface area contributed by atoms with Crippen LogP contribution in [0.1, 0.15) is 12.5 Å². The minimum Gasteiger partial charge on any atom is -0.374 e. The third kappa shape index (κ3) is 4.25. The van der Waals surface area contributed by atoms with Crippen molar-refractivity contribution in [3.05, 3.63) is 34.1 Å². The highest BCUT2D eigenvalue weighted by Crippen LogP contribution is 2.19. The van der Waals surface area contributed by atoms with Gasteiger partial charge in [0.2, 0.25) is 0 Å². The Morgan fingerprint density at radius 1 is 1.55 bits per heavy atom. The molecule has 1 aromatic carbocycles. The number of hydrogen-bond donors (Lipinski definition) is 1. The molecule has 0 spiro atoms. The first kappa shape index (κ1) is 15.9. The highest BCUT2D eigenvalue weighted by molar-refractivity contribution is 9.10. The maximum absolute atomic E-state index is 13.9. The summed E-state index contributed by atoms with van der Waals surface area (Å²) in [4.78, 5) is 2.26. The molecule has 1 saturated heterocycles. The van der Waals surface area contributed by atoms with Gasteiger partial charge < -0.3 is 15.0 Å². The lowest BCUT2D eigenvalue weighted by molar-refractivity contribution is -0.0382. The normalized spacial score (nSPS) is 21.9. The fraction of sp³-hybridized carbons (Fsp3) is 0.600. The van der Waals surface area contributed by atoms with Crippen LogP contribution in [-0.4, -0.2) is 50.3 Å². The lowest BCUT2D eigenvalue weighted by Gasteiger charge is -2.35. The largest absolute Gasteiger partial charge is 0.374 e. The number of nitrogens with zero attached hydrogens (tertiary/aromatic N) is 1. The SMILES string of the molecule is CCNC(Cc1cc(Br)ccc1F)C1CN(C)CCO1. The number of rotatable bonds is 5. The number of morpholine rings is 1. The molecule has 0 saturated carbocycles. The molecule has 5 heteroatoms. The van der Waals surface area contributed by atoms with E-state index in [2.05, 4.69) is 40.1 Å². The van der Waals surface area contributed by atoms with Crippen LogP contribution in [0.15, 0.2) is 22.7 Å². The molecule has 0 aliphatic carbocycles. The third-order valence-electron chi connectivity index (χ3n) is 3.66. The first-order chi connectivity index (χ1) is 9.60. The summed E-state index contributed by atoms with van der Waals surface area (Å²) in [5.74, 6) is -0.153. The van der Waals surface area contributed by atoms with Gasteiger partial charge in [-0.25, -0.2) is 4.39 Å². The standard InChI is InChI=1S/C15H22BrFN2O/c1-3-18-14(15-10-19(2)6-7-20-15)9-11-8-12(16)4-5-13(11)17/h4-5,8,14-15,18H,3,6-7,9-10H2,1-2H3. The van der Waals surface area contributed by atoms with Crippen LogP contribution in [0.4, 0.5) is 4.39 Å². The van der Waals surface area contributed by atoms with E-state index in [1.165, 1.54) is 6.07 Å². The molecule has 112 valence electrons. The van der Waals surface area contributed by atoms with E-state index in [0.29, 0.717) is 6.42 Å². The molecule has 20 heavy (non-hydrogen) atoms. The van der Waals surface area contributed by atoms with Crippen molar-refractivity contribution in [2.24, 2.45) is 0 Å². The van der Waals surface area contributed by atoms with Crippen LogP contribution in [0.3, 0.4) is 0 Å². The average Bonchev–Trinajstić information content (AvgIpc) is 2.42. The van der Waals surface area contributed by atoms with Crippen molar-refractivity contribution in [1.29, 1.82) is 0 Å². The van der Waals surface area contributed by atoms with Gasteiger partial charge in [0.1, 0.15) is 5.82 Å². The first-order valence-corrected chi connectivity index (χ1v) is 7.87. The predicted octanol–water partition coefficient (Wildman–Crippen LogP) is 2.44. The summed E-state index contributed by atoms with van der Waals surface area (Å²) in [5.41, 5.74) is 0.724. The van der Waals surface area contributed by atoms with Crippen molar-refractivity contribution in [2.45, 2.75) is 25.5 Å². The van der Waals surface area contributed by atoms with E-state index in [4.69, 9.17) is 4.74 Å². The maximum Gasteiger partial charge on any atom is 0.126 e. The summed E-state index contributed by atoms with van der Waals surface area (Å²) < 4.78 is 20.7. The Bertz CT molecular complexity index is 444. The number of hydrogen-bond acceptors (Lipinski definition) is 3. The fourth-order valence-electron chi connectivity index (χ4n) is 2.59. The van der Waals surface area contributed by atoms with Crippen molar-refractivity contribution in [1.82, 2.24) is 10.2 Å². The van der Waals surface area contributed by atoms with E-state index in [-0.39, 0.29) is 18.0 Å². The Hall–Kier alpha value is -0.490. The van der Waals surface area contributed by atoms with Gasteiger partial charge in [-0.2, -0.15) is 0 Å². The molecule has 2 atom stereocenters. The average molecular weight is 345 g/mol. The van der Waals surface area contributed by atoms with Gasteiger partial charge in [-0.05, 0) is 43.8 Å². The van der Waals surface area contributed by atoms with E-state index in [0.717, 1.165) is 36.3 Å². The van der Waals surface area contributed by atoms with Crippen LogP contribution in [0.25, 0.3) is 0 Å². The molecule has 0 aromatic heterocycles. The number of halogens is 2. The Morgan fingerprint density at radius 2 is 2.35 bits per heavy atom.